The molecule has 0 aliphatic heterocycles. The van der Waals surface area contributed by atoms with Crippen molar-refractivity contribution in [2.24, 2.45) is 0 Å². The van der Waals surface area contributed by atoms with E-state index in [-0.39, 0.29) is 41.4 Å². The van der Waals surface area contributed by atoms with Gasteiger partial charge in [-0.15, -0.1) is 0 Å². The second kappa shape index (κ2) is 16.7. The van der Waals surface area contributed by atoms with E-state index in [0.29, 0.717) is 6.42 Å². The molecule has 0 aliphatic rings. The zero-order valence-electron chi connectivity index (χ0n) is 14.6. The molecule has 0 saturated heterocycles. The first-order valence-corrected chi connectivity index (χ1v) is 10.1. The van der Waals surface area contributed by atoms with Crippen molar-refractivity contribution in [2.45, 2.75) is 96.5 Å². The monoisotopic (exact) mass is 344 g/mol. The van der Waals surface area contributed by atoms with E-state index in [0.717, 1.165) is 51.4 Å². The van der Waals surface area contributed by atoms with Gasteiger partial charge < -0.3 is 9.66 Å². The average Bonchev–Trinajstić information content (AvgIpc) is 2.40. The number of rotatable bonds is 15. The van der Waals surface area contributed by atoms with Gasteiger partial charge in [-0.05, 0) is 19.3 Å². The van der Waals surface area contributed by atoms with Gasteiger partial charge in [-0.2, -0.15) is 0 Å². The number of aliphatic hydroxyl groups is 1. The van der Waals surface area contributed by atoms with E-state index in [1.165, 1.54) is 25.7 Å². The molecule has 22 heavy (non-hydrogen) atoms. The zero-order chi connectivity index (χ0) is 16.0. The van der Waals surface area contributed by atoms with E-state index in [1.54, 1.807) is 0 Å². The molecule has 6 heteroatoms. The number of hydrogen-bond acceptors (Lipinski definition) is 4. The van der Waals surface area contributed by atoms with Gasteiger partial charge in [0.1, 0.15) is 0 Å². The Morgan fingerprint density at radius 3 is 1.68 bits per heavy atom. The summed E-state index contributed by atoms with van der Waals surface area (Å²) in [6, 6.07) is 0. The normalized spacial score (nSPS) is 12.9. The quantitative estimate of drug-likeness (QED) is 0.273. The molecule has 0 radical (unpaired) electrons. The van der Waals surface area contributed by atoms with Crippen LogP contribution in [0.3, 0.4) is 0 Å². The smallest absolute Gasteiger partial charge is 0.748 e. The van der Waals surface area contributed by atoms with E-state index in [4.69, 9.17) is 0 Å². The van der Waals surface area contributed by atoms with Crippen LogP contribution in [0.15, 0.2) is 0 Å². The summed E-state index contributed by atoms with van der Waals surface area (Å²) in [6.07, 6.45) is 13.3. The van der Waals surface area contributed by atoms with Crippen LogP contribution >= 0.6 is 0 Å². The van der Waals surface area contributed by atoms with Gasteiger partial charge in [0.05, 0.1) is 16.2 Å². The minimum absolute atomic E-state index is 0. The van der Waals surface area contributed by atoms with Gasteiger partial charge >= 0.3 is 29.6 Å². The van der Waals surface area contributed by atoms with Crippen molar-refractivity contribution in [3.8, 4) is 0 Å². The van der Waals surface area contributed by atoms with Crippen molar-refractivity contribution in [2.75, 3.05) is 5.75 Å². The number of hydrogen-bond donors (Lipinski definition) is 1. The fraction of sp³-hybridized carbons (Fsp3) is 1.00. The van der Waals surface area contributed by atoms with Gasteiger partial charge in [0.2, 0.25) is 0 Å². The second-order valence-electron chi connectivity index (χ2n) is 6.03. The maximum atomic E-state index is 10.4. The van der Waals surface area contributed by atoms with Crippen LogP contribution < -0.4 is 29.6 Å². The Kier molecular flexibility index (Phi) is 19.1. The van der Waals surface area contributed by atoms with Crippen LogP contribution in [0.5, 0.6) is 0 Å². The van der Waals surface area contributed by atoms with Crippen molar-refractivity contribution in [3.05, 3.63) is 0 Å². The van der Waals surface area contributed by atoms with Crippen molar-refractivity contribution >= 4 is 10.1 Å². The van der Waals surface area contributed by atoms with Crippen LogP contribution in [0, 0.1) is 0 Å². The molecule has 0 heterocycles. The molecule has 1 N–H and O–H groups in total. The predicted octanol–water partition coefficient (Wildman–Crippen LogP) is 0.988. The molecule has 0 spiro atoms. The Morgan fingerprint density at radius 2 is 1.23 bits per heavy atom. The standard InChI is InChI=1S/C16H34O4S.Na/c1-2-3-4-7-10-13-16(17)14-11-8-5-6-9-12-15-21(18,19)20;/h16-17H,2-15H2,1H3,(H,18,19,20);/q;+1/p-1. The third-order valence-corrected chi connectivity index (χ3v) is 4.61. The molecule has 0 bridgehead atoms. The molecule has 1 atom stereocenters. The summed E-state index contributed by atoms with van der Waals surface area (Å²) in [4.78, 5) is 0. The Hall–Kier alpha value is 0.870. The number of aliphatic hydroxyl groups excluding tert-OH is 1. The summed E-state index contributed by atoms with van der Waals surface area (Å²) in [6.45, 7) is 2.20. The van der Waals surface area contributed by atoms with Crippen LogP contribution in [0.2, 0.25) is 0 Å². The fourth-order valence-corrected chi connectivity index (χ4v) is 3.05. The van der Waals surface area contributed by atoms with Gasteiger partial charge in [-0.1, -0.05) is 71.1 Å². The zero-order valence-corrected chi connectivity index (χ0v) is 17.4. The van der Waals surface area contributed by atoms with Crippen molar-refractivity contribution < 1.29 is 47.6 Å². The summed E-state index contributed by atoms with van der Waals surface area (Å²) < 4.78 is 31.2. The number of unbranched alkanes of at least 4 members (excludes halogenated alkanes) is 9. The molecule has 0 amide bonds. The molecule has 0 aromatic carbocycles. The van der Waals surface area contributed by atoms with Gasteiger partial charge in [0.15, 0.2) is 0 Å². The van der Waals surface area contributed by atoms with Gasteiger partial charge in [-0.25, -0.2) is 8.42 Å². The van der Waals surface area contributed by atoms with E-state index < -0.39 is 10.1 Å². The van der Waals surface area contributed by atoms with E-state index >= 15 is 0 Å². The van der Waals surface area contributed by atoms with Gasteiger partial charge in [0, 0.05) is 5.75 Å². The molecule has 128 valence electrons. The first-order chi connectivity index (χ1) is 9.95. The van der Waals surface area contributed by atoms with E-state index in [1.807, 2.05) is 0 Å². The predicted molar refractivity (Wildman–Crippen MR) is 86.3 cm³/mol. The van der Waals surface area contributed by atoms with Crippen molar-refractivity contribution in [1.29, 1.82) is 0 Å². The van der Waals surface area contributed by atoms with E-state index in [9.17, 15) is 18.1 Å². The molecule has 0 saturated carbocycles. The Morgan fingerprint density at radius 1 is 0.818 bits per heavy atom. The minimum atomic E-state index is -4.03. The first kappa shape index (κ1) is 25.1. The minimum Gasteiger partial charge on any atom is -0.748 e. The Labute approximate surface area is 159 Å². The Balaban J connectivity index is 0. The first-order valence-electron chi connectivity index (χ1n) is 8.57. The van der Waals surface area contributed by atoms with Crippen LogP contribution in [0.1, 0.15) is 90.4 Å². The molecule has 4 nitrogen and oxygen atoms in total. The molecular weight excluding hydrogens is 311 g/mol. The summed E-state index contributed by atoms with van der Waals surface area (Å²) >= 11 is 0. The second-order valence-corrected chi connectivity index (χ2v) is 7.55. The third-order valence-electron chi connectivity index (χ3n) is 3.82. The molecule has 0 fully saturated rings. The molecule has 0 aliphatic carbocycles. The Bertz CT molecular complexity index is 320. The maximum absolute atomic E-state index is 10.4. The molecule has 0 aromatic heterocycles. The van der Waals surface area contributed by atoms with Crippen LogP contribution in [-0.4, -0.2) is 29.9 Å². The van der Waals surface area contributed by atoms with Crippen molar-refractivity contribution in [3.63, 3.8) is 0 Å². The maximum Gasteiger partial charge on any atom is 1.00 e. The third kappa shape index (κ3) is 20.9. The molecule has 0 rings (SSSR count). The van der Waals surface area contributed by atoms with Crippen LogP contribution in [0.25, 0.3) is 0 Å². The topological polar surface area (TPSA) is 77.4 Å². The van der Waals surface area contributed by atoms with Crippen LogP contribution in [-0.2, 0) is 10.1 Å². The summed E-state index contributed by atoms with van der Waals surface area (Å²) in [5, 5.41) is 9.83. The summed E-state index contributed by atoms with van der Waals surface area (Å²) in [7, 11) is -4.03. The van der Waals surface area contributed by atoms with Gasteiger partial charge in [-0.3, -0.25) is 0 Å². The SMILES string of the molecule is CCCCCCCC(O)CCCCCCCCS(=O)(=O)[O-].[Na+]. The molecule has 0 aromatic rings. The van der Waals surface area contributed by atoms with Crippen LogP contribution in [0.4, 0.5) is 0 Å². The average molecular weight is 344 g/mol. The molecular formula is C16H33NaO4S. The van der Waals surface area contributed by atoms with E-state index in [2.05, 4.69) is 6.92 Å². The summed E-state index contributed by atoms with van der Waals surface area (Å²) in [5.41, 5.74) is 0. The van der Waals surface area contributed by atoms with Gasteiger partial charge in [0.25, 0.3) is 0 Å². The summed E-state index contributed by atoms with van der Waals surface area (Å²) in [5.74, 6) is -0.232. The fourth-order valence-electron chi connectivity index (χ4n) is 2.49. The molecule has 1 unspecified atom stereocenters. The van der Waals surface area contributed by atoms with Crippen molar-refractivity contribution in [1.82, 2.24) is 0 Å². The largest absolute Gasteiger partial charge is 1.00 e.